The minimum atomic E-state index is -4.41. The maximum Gasteiger partial charge on any atom is 0.433 e. The summed E-state index contributed by atoms with van der Waals surface area (Å²) in [5, 5.41) is 2.91. The summed E-state index contributed by atoms with van der Waals surface area (Å²) in [7, 11) is 0. The molecule has 1 fully saturated rings. The Labute approximate surface area is 91.1 Å². The number of nitrogens with one attached hydrogen (secondary N) is 1. The molecule has 0 bridgehead atoms. The van der Waals surface area contributed by atoms with E-state index >= 15 is 0 Å². The number of aromatic nitrogens is 2. The van der Waals surface area contributed by atoms with Crippen molar-refractivity contribution in [3.63, 3.8) is 0 Å². The van der Waals surface area contributed by atoms with E-state index in [1.165, 1.54) is 6.92 Å². The molecule has 0 saturated heterocycles. The summed E-state index contributed by atoms with van der Waals surface area (Å²) in [6, 6.07) is 0.954. The van der Waals surface area contributed by atoms with Crippen LogP contribution in [-0.4, -0.2) is 16.5 Å². The molecule has 1 N–H and O–H groups in total. The first-order valence-corrected chi connectivity index (χ1v) is 5.12. The van der Waals surface area contributed by atoms with Crippen molar-refractivity contribution in [2.75, 3.05) is 11.9 Å². The second-order valence-corrected chi connectivity index (χ2v) is 4.01. The van der Waals surface area contributed by atoms with Gasteiger partial charge in [0.1, 0.15) is 17.3 Å². The summed E-state index contributed by atoms with van der Waals surface area (Å²) < 4.78 is 37.3. The molecule has 1 aliphatic carbocycles. The van der Waals surface area contributed by atoms with Gasteiger partial charge in [-0.05, 0) is 25.7 Å². The molecule has 0 unspecified atom stereocenters. The number of alkyl halides is 3. The molecule has 0 aromatic carbocycles. The fourth-order valence-electron chi connectivity index (χ4n) is 1.37. The van der Waals surface area contributed by atoms with E-state index in [1.54, 1.807) is 0 Å². The minimum Gasteiger partial charge on any atom is -0.370 e. The number of rotatable bonds is 3. The topological polar surface area (TPSA) is 37.8 Å². The molecule has 0 atom stereocenters. The Morgan fingerprint density at radius 2 is 2.06 bits per heavy atom. The zero-order valence-electron chi connectivity index (χ0n) is 8.80. The maximum atomic E-state index is 12.4. The molecular weight excluding hydrogens is 219 g/mol. The number of halogens is 3. The molecule has 1 aromatic rings. The molecule has 0 spiro atoms. The highest BCUT2D eigenvalue weighted by molar-refractivity contribution is 5.37. The third-order valence-electron chi connectivity index (χ3n) is 2.40. The monoisotopic (exact) mass is 231 g/mol. The minimum absolute atomic E-state index is 0.133. The van der Waals surface area contributed by atoms with Crippen molar-refractivity contribution in [1.29, 1.82) is 0 Å². The van der Waals surface area contributed by atoms with E-state index in [0.29, 0.717) is 12.5 Å². The predicted molar refractivity (Wildman–Crippen MR) is 53.0 cm³/mol. The molecule has 88 valence electrons. The van der Waals surface area contributed by atoms with Crippen molar-refractivity contribution >= 4 is 5.82 Å². The molecule has 0 amide bonds. The highest BCUT2D eigenvalue weighted by Gasteiger charge is 2.33. The predicted octanol–water partition coefficient (Wildman–Crippen LogP) is 2.63. The number of nitrogens with zero attached hydrogens (tertiary/aromatic N) is 2. The second-order valence-electron chi connectivity index (χ2n) is 4.01. The quantitative estimate of drug-likeness (QED) is 0.868. The van der Waals surface area contributed by atoms with Crippen LogP contribution in [0.15, 0.2) is 6.07 Å². The van der Waals surface area contributed by atoms with E-state index in [2.05, 4.69) is 15.3 Å². The number of anilines is 1. The molecule has 1 aromatic heterocycles. The molecule has 0 radical (unpaired) electrons. The van der Waals surface area contributed by atoms with Crippen LogP contribution in [0, 0.1) is 12.8 Å². The summed E-state index contributed by atoms with van der Waals surface area (Å²) in [6.07, 6.45) is -2.13. The number of hydrogen-bond donors (Lipinski definition) is 1. The second kappa shape index (κ2) is 3.92. The standard InChI is InChI=1S/C10H12F3N3/c1-6-15-8(10(11,12)13)4-9(16-6)14-5-7-2-3-7/h4,7H,2-3,5H2,1H3,(H,14,15,16). The van der Waals surface area contributed by atoms with Gasteiger partial charge in [0, 0.05) is 12.6 Å². The molecule has 1 aliphatic rings. The summed E-state index contributed by atoms with van der Waals surface area (Å²) in [4.78, 5) is 7.30. The zero-order chi connectivity index (χ0) is 11.8. The van der Waals surface area contributed by atoms with Crippen LogP contribution in [0.1, 0.15) is 24.4 Å². The highest BCUT2D eigenvalue weighted by atomic mass is 19.4. The van der Waals surface area contributed by atoms with Crippen molar-refractivity contribution in [3.8, 4) is 0 Å². The van der Waals surface area contributed by atoms with E-state index in [4.69, 9.17) is 0 Å². The third kappa shape index (κ3) is 2.84. The summed E-state index contributed by atoms with van der Waals surface area (Å²) in [6.45, 7) is 2.14. The Kier molecular flexibility index (Phi) is 2.73. The molecule has 3 nitrogen and oxygen atoms in total. The van der Waals surface area contributed by atoms with Crippen molar-refractivity contribution in [1.82, 2.24) is 9.97 Å². The fourth-order valence-corrected chi connectivity index (χ4v) is 1.37. The normalized spacial score (nSPS) is 16.2. The lowest BCUT2D eigenvalue weighted by molar-refractivity contribution is -0.141. The van der Waals surface area contributed by atoms with Crippen LogP contribution in [0.25, 0.3) is 0 Å². The lowest BCUT2D eigenvalue weighted by atomic mass is 10.3. The van der Waals surface area contributed by atoms with Crippen LogP contribution in [0.2, 0.25) is 0 Å². The van der Waals surface area contributed by atoms with Gasteiger partial charge >= 0.3 is 6.18 Å². The average molecular weight is 231 g/mol. The Balaban J connectivity index is 2.14. The van der Waals surface area contributed by atoms with Gasteiger partial charge in [-0.15, -0.1) is 0 Å². The summed E-state index contributed by atoms with van der Waals surface area (Å²) in [5.41, 5.74) is -0.890. The van der Waals surface area contributed by atoms with Gasteiger partial charge in [-0.3, -0.25) is 0 Å². The van der Waals surface area contributed by atoms with Gasteiger partial charge in [-0.25, -0.2) is 9.97 Å². The van der Waals surface area contributed by atoms with Crippen molar-refractivity contribution < 1.29 is 13.2 Å². The lowest BCUT2D eigenvalue weighted by Crippen LogP contribution is -2.13. The van der Waals surface area contributed by atoms with E-state index in [9.17, 15) is 13.2 Å². The van der Waals surface area contributed by atoms with Crippen molar-refractivity contribution in [3.05, 3.63) is 17.6 Å². The molecule has 6 heteroatoms. The molecule has 1 saturated carbocycles. The van der Waals surface area contributed by atoms with Crippen LogP contribution in [0.5, 0.6) is 0 Å². The molecule has 2 rings (SSSR count). The zero-order valence-corrected chi connectivity index (χ0v) is 8.80. The average Bonchev–Trinajstić information content (AvgIpc) is 2.96. The van der Waals surface area contributed by atoms with Crippen LogP contribution >= 0.6 is 0 Å². The van der Waals surface area contributed by atoms with Gasteiger partial charge in [0.05, 0.1) is 0 Å². The van der Waals surface area contributed by atoms with E-state index in [-0.39, 0.29) is 11.6 Å². The summed E-state index contributed by atoms with van der Waals surface area (Å²) >= 11 is 0. The van der Waals surface area contributed by atoms with Crippen LogP contribution < -0.4 is 5.32 Å². The lowest BCUT2D eigenvalue weighted by Gasteiger charge is -2.10. The van der Waals surface area contributed by atoms with Crippen molar-refractivity contribution in [2.45, 2.75) is 25.9 Å². The van der Waals surface area contributed by atoms with Crippen LogP contribution in [0.3, 0.4) is 0 Å². The van der Waals surface area contributed by atoms with Gasteiger partial charge < -0.3 is 5.32 Å². The smallest absolute Gasteiger partial charge is 0.370 e. The van der Waals surface area contributed by atoms with Crippen molar-refractivity contribution in [2.24, 2.45) is 5.92 Å². The number of hydrogen-bond acceptors (Lipinski definition) is 3. The maximum absolute atomic E-state index is 12.4. The Morgan fingerprint density at radius 1 is 1.38 bits per heavy atom. The molecular formula is C10H12F3N3. The largest absolute Gasteiger partial charge is 0.433 e. The first-order chi connectivity index (χ1) is 7.45. The number of aryl methyl sites for hydroxylation is 1. The van der Waals surface area contributed by atoms with E-state index in [0.717, 1.165) is 18.9 Å². The summed E-state index contributed by atoms with van der Waals surface area (Å²) in [5.74, 6) is 0.976. The molecule has 0 aliphatic heterocycles. The van der Waals surface area contributed by atoms with Crippen LogP contribution in [0.4, 0.5) is 19.0 Å². The van der Waals surface area contributed by atoms with Gasteiger partial charge in [0.2, 0.25) is 0 Å². The van der Waals surface area contributed by atoms with E-state index in [1.807, 2.05) is 0 Å². The highest BCUT2D eigenvalue weighted by Crippen LogP contribution is 2.30. The Morgan fingerprint density at radius 3 is 2.62 bits per heavy atom. The SMILES string of the molecule is Cc1nc(NCC2CC2)cc(C(F)(F)F)n1. The third-order valence-corrected chi connectivity index (χ3v) is 2.40. The van der Waals surface area contributed by atoms with Gasteiger partial charge in [-0.2, -0.15) is 13.2 Å². The van der Waals surface area contributed by atoms with Crippen LogP contribution in [-0.2, 0) is 6.18 Å². The first kappa shape index (κ1) is 11.2. The Bertz CT molecular complexity index is 385. The Hall–Kier alpha value is -1.33. The van der Waals surface area contributed by atoms with Gasteiger partial charge in [0.15, 0.2) is 0 Å². The fraction of sp³-hybridized carbons (Fsp3) is 0.600. The van der Waals surface area contributed by atoms with Gasteiger partial charge in [0.25, 0.3) is 0 Å². The molecule has 16 heavy (non-hydrogen) atoms. The first-order valence-electron chi connectivity index (χ1n) is 5.12. The molecule has 1 heterocycles. The van der Waals surface area contributed by atoms with E-state index < -0.39 is 11.9 Å². The van der Waals surface area contributed by atoms with Gasteiger partial charge in [-0.1, -0.05) is 0 Å².